The molecule has 64 valence electrons. The van der Waals surface area contributed by atoms with Crippen LogP contribution in [0.1, 0.15) is 0 Å². The molecule has 0 aliphatic heterocycles. The van der Waals surface area contributed by atoms with E-state index in [1.54, 1.807) is 13.2 Å². The van der Waals surface area contributed by atoms with E-state index in [4.69, 9.17) is 4.74 Å². The zero-order valence-corrected chi connectivity index (χ0v) is 9.46. The van der Waals surface area contributed by atoms with Gasteiger partial charge in [-0.3, -0.25) is 0 Å². The Hall–Kier alpha value is -0.420. The van der Waals surface area contributed by atoms with Crippen LogP contribution >= 0.6 is 32.3 Å². The number of nitrogens with zero attached hydrogens (tertiary/aromatic N) is 2. The van der Waals surface area contributed by atoms with Crippen molar-refractivity contribution in [3.63, 3.8) is 0 Å². The fourth-order valence-corrected chi connectivity index (χ4v) is 1.30. The Morgan fingerprint density at radius 2 is 2.00 bits per heavy atom. The van der Waals surface area contributed by atoms with Crippen LogP contribution in [0.25, 0.3) is 0 Å². The Morgan fingerprint density at radius 3 is 2.50 bits per heavy atom. The van der Waals surface area contributed by atoms with Crippen LogP contribution in [0.4, 0.5) is 0 Å². The largest absolute Gasteiger partial charge is 0.494 e. The predicted molar refractivity (Wildman–Crippen MR) is 57.0 cm³/mol. The highest BCUT2D eigenvalue weighted by molar-refractivity contribution is 9.08. The van der Waals surface area contributed by atoms with Crippen LogP contribution in [0.3, 0.4) is 0 Å². The number of ether oxygens (including phenoxy) is 1. The monoisotopic (exact) mass is 292 g/mol. The summed E-state index contributed by atoms with van der Waals surface area (Å²) >= 11 is 5.99. The van der Waals surface area contributed by atoms with Crippen LogP contribution in [0.15, 0.2) is 32.0 Å². The van der Waals surface area contributed by atoms with Crippen LogP contribution < -0.4 is 0 Å². The first-order valence-corrected chi connectivity index (χ1v) is 4.55. The summed E-state index contributed by atoms with van der Waals surface area (Å²) in [6.45, 7) is 0. The van der Waals surface area contributed by atoms with Crippen LogP contribution in [-0.2, 0) is 4.74 Å². The van der Waals surface area contributed by atoms with Crippen LogP contribution in [0, 0.1) is 0 Å². The smallest absolute Gasteiger partial charge is 0.147 e. The van der Waals surface area contributed by atoms with E-state index in [1.165, 1.54) is 0 Å². The number of halogens is 2. The first kappa shape index (κ1) is 9.67. The fourth-order valence-electron chi connectivity index (χ4n) is 0.789. The number of hydrogen-bond acceptors (Lipinski definition) is 3. The maximum atomic E-state index is 5.07. The van der Waals surface area contributed by atoms with Gasteiger partial charge in [0.15, 0.2) is 0 Å². The van der Waals surface area contributed by atoms with Gasteiger partial charge >= 0.3 is 0 Å². The van der Waals surface area contributed by atoms with Gasteiger partial charge in [0.1, 0.15) is 11.5 Å². The van der Waals surface area contributed by atoms with Crippen molar-refractivity contribution < 1.29 is 4.74 Å². The Balaban J connectivity index is 2.99. The molecule has 0 radical (unpaired) electrons. The average molecular weight is 294 g/mol. The van der Waals surface area contributed by atoms with Crippen LogP contribution in [-0.4, -0.2) is 18.5 Å². The van der Waals surface area contributed by atoms with E-state index in [2.05, 4.69) is 40.3 Å². The Kier molecular flexibility index (Phi) is 3.68. The highest BCUT2D eigenvalue weighted by Gasteiger charge is 2.09. The SMILES string of the molecule is COC1=CC(=N/Br)/C=CC/1=N/Br. The minimum absolute atomic E-state index is 0.688. The molecule has 12 heavy (non-hydrogen) atoms. The highest BCUT2D eigenvalue weighted by atomic mass is 79.9. The molecule has 1 aliphatic carbocycles. The third-order valence-corrected chi connectivity index (χ3v) is 2.14. The van der Waals surface area contributed by atoms with E-state index in [1.807, 2.05) is 12.2 Å². The molecule has 0 amide bonds. The molecule has 0 aromatic rings. The van der Waals surface area contributed by atoms with Crippen molar-refractivity contribution in [2.45, 2.75) is 0 Å². The summed E-state index contributed by atoms with van der Waals surface area (Å²) in [5.74, 6) is 0.688. The summed E-state index contributed by atoms with van der Waals surface area (Å²) in [6, 6.07) is 0. The van der Waals surface area contributed by atoms with E-state index < -0.39 is 0 Å². The minimum atomic E-state index is 0.688. The molecule has 1 aliphatic rings. The van der Waals surface area contributed by atoms with Gasteiger partial charge in [0.25, 0.3) is 0 Å². The lowest BCUT2D eigenvalue weighted by Crippen LogP contribution is -2.08. The van der Waals surface area contributed by atoms with Gasteiger partial charge in [-0.05, 0) is 12.2 Å². The molecule has 3 nitrogen and oxygen atoms in total. The molecule has 0 bridgehead atoms. The predicted octanol–water partition coefficient (Wildman–Crippen LogP) is 2.59. The second kappa shape index (κ2) is 4.57. The summed E-state index contributed by atoms with van der Waals surface area (Å²) in [5.41, 5.74) is 1.55. The second-order valence-corrected chi connectivity index (χ2v) is 2.73. The molecule has 0 aromatic heterocycles. The first-order valence-electron chi connectivity index (χ1n) is 3.14. The number of hydrogen-bond donors (Lipinski definition) is 0. The molecule has 0 saturated carbocycles. The Bertz CT molecular complexity index is 292. The van der Waals surface area contributed by atoms with E-state index in [-0.39, 0.29) is 0 Å². The Morgan fingerprint density at radius 1 is 1.25 bits per heavy atom. The maximum absolute atomic E-state index is 5.07. The minimum Gasteiger partial charge on any atom is -0.494 e. The number of methoxy groups -OCH3 is 1. The third-order valence-electron chi connectivity index (χ3n) is 1.35. The number of rotatable bonds is 1. The molecule has 0 N–H and O–H groups in total. The molecule has 0 atom stereocenters. The molecular formula is C7H6Br2N2O. The molecule has 0 heterocycles. The number of allylic oxidation sites excluding steroid dienone is 3. The van der Waals surface area contributed by atoms with E-state index in [9.17, 15) is 0 Å². The molecule has 0 aromatic carbocycles. The summed E-state index contributed by atoms with van der Waals surface area (Å²) < 4.78 is 12.8. The lowest BCUT2D eigenvalue weighted by atomic mass is 10.1. The van der Waals surface area contributed by atoms with E-state index in [0.717, 1.165) is 11.4 Å². The second-order valence-electron chi connectivity index (χ2n) is 2.03. The zero-order chi connectivity index (χ0) is 8.97. The quantitative estimate of drug-likeness (QED) is 0.684. The summed E-state index contributed by atoms with van der Waals surface area (Å²) in [5, 5.41) is 0. The lowest BCUT2D eigenvalue weighted by molar-refractivity contribution is 0.316. The highest BCUT2D eigenvalue weighted by Crippen LogP contribution is 2.10. The molecule has 0 saturated heterocycles. The molecule has 0 spiro atoms. The van der Waals surface area contributed by atoms with Crippen LogP contribution in [0.2, 0.25) is 0 Å². The standard InChI is InChI=1S/C7H6Br2N2O/c1-12-7-4-5(10-8)2-3-6(7)11-9/h2-4H,1H3/b10-5+,11-6-. The normalized spacial score (nSPS) is 23.1. The maximum Gasteiger partial charge on any atom is 0.147 e. The van der Waals surface area contributed by atoms with Crippen molar-refractivity contribution >= 4 is 43.7 Å². The first-order chi connectivity index (χ1) is 5.81. The Labute approximate surface area is 87.6 Å². The molecule has 5 heteroatoms. The van der Waals surface area contributed by atoms with Gasteiger partial charge in [0.05, 0.1) is 45.1 Å². The fraction of sp³-hybridized carbons (Fsp3) is 0.143. The van der Waals surface area contributed by atoms with Gasteiger partial charge in [0.2, 0.25) is 0 Å². The van der Waals surface area contributed by atoms with Gasteiger partial charge in [-0.15, -0.1) is 0 Å². The van der Waals surface area contributed by atoms with Crippen molar-refractivity contribution in [1.29, 1.82) is 0 Å². The topological polar surface area (TPSA) is 34.0 Å². The zero-order valence-electron chi connectivity index (χ0n) is 6.29. The molecule has 0 fully saturated rings. The van der Waals surface area contributed by atoms with E-state index in [0.29, 0.717) is 5.76 Å². The van der Waals surface area contributed by atoms with Gasteiger partial charge in [-0.1, -0.05) is 0 Å². The van der Waals surface area contributed by atoms with Crippen LogP contribution in [0.5, 0.6) is 0 Å². The van der Waals surface area contributed by atoms with Gasteiger partial charge < -0.3 is 4.74 Å². The van der Waals surface area contributed by atoms with Crippen molar-refractivity contribution in [2.24, 2.45) is 8.04 Å². The van der Waals surface area contributed by atoms with Gasteiger partial charge in [-0.2, -0.15) is 0 Å². The molecular weight excluding hydrogens is 288 g/mol. The molecule has 0 unspecified atom stereocenters. The summed E-state index contributed by atoms with van der Waals surface area (Å²) in [4.78, 5) is 0. The molecule has 1 rings (SSSR count). The van der Waals surface area contributed by atoms with E-state index >= 15 is 0 Å². The van der Waals surface area contributed by atoms with Crippen molar-refractivity contribution in [1.82, 2.24) is 0 Å². The average Bonchev–Trinajstić information content (AvgIpc) is 2.16. The summed E-state index contributed by atoms with van der Waals surface area (Å²) in [7, 11) is 1.59. The van der Waals surface area contributed by atoms with Crippen molar-refractivity contribution in [2.75, 3.05) is 7.11 Å². The third kappa shape index (κ3) is 2.04. The van der Waals surface area contributed by atoms with Gasteiger partial charge in [0, 0.05) is 6.08 Å². The van der Waals surface area contributed by atoms with Crippen molar-refractivity contribution in [3.8, 4) is 0 Å². The summed E-state index contributed by atoms with van der Waals surface area (Å²) in [6.07, 6.45) is 5.43. The van der Waals surface area contributed by atoms with Gasteiger partial charge in [-0.25, -0.2) is 8.04 Å². The van der Waals surface area contributed by atoms with Crippen molar-refractivity contribution in [3.05, 3.63) is 24.0 Å². The lowest BCUT2D eigenvalue weighted by Gasteiger charge is -2.08.